The molecule has 1 heterocycles. The Morgan fingerprint density at radius 2 is 1.90 bits per heavy atom. The van der Waals surface area contributed by atoms with Gasteiger partial charge in [-0.25, -0.2) is 4.98 Å². The van der Waals surface area contributed by atoms with Crippen LogP contribution in [0.1, 0.15) is 71.5 Å². The fourth-order valence-electron chi connectivity index (χ4n) is 3.49. The van der Waals surface area contributed by atoms with Gasteiger partial charge in [0.25, 0.3) is 0 Å². The van der Waals surface area contributed by atoms with Gasteiger partial charge in [-0.2, -0.15) is 0 Å². The molecule has 1 N–H and O–H groups in total. The van der Waals surface area contributed by atoms with Crippen molar-refractivity contribution >= 4 is 0 Å². The second-order valence-corrected chi connectivity index (χ2v) is 7.23. The van der Waals surface area contributed by atoms with Crippen molar-refractivity contribution in [3.63, 3.8) is 0 Å². The van der Waals surface area contributed by atoms with E-state index in [2.05, 4.69) is 38.0 Å². The van der Waals surface area contributed by atoms with Crippen LogP contribution in [-0.4, -0.2) is 11.5 Å². The van der Waals surface area contributed by atoms with Gasteiger partial charge in [-0.15, -0.1) is 0 Å². The minimum atomic E-state index is 0.261. The van der Waals surface area contributed by atoms with Crippen molar-refractivity contribution in [1.29, 1.82) is 0 Å². The number of hydrogen-bond donors (Lipinski definition) is 1. The summed E-state index contributed by atoms with van der Waals surface area (Å²) in [7, 11) is 0. The van der Waals surface area contributed by atoms with Gasteiger partial charge in [0.1, 0.15) is 5.76 Å². The first-order valence-corrected chi connectivity index (χ1v) is 8.18. The average Bonchev–Trinajstić information content (AvgIpc) is 2.97. The van der Waals surface area contributed by atoms with Crippen LogP contribution in [0.4, 0.5) is 0 Å². The van der Waals surface area contributed by atoms with Crippen molar-refractivity contribution in [2.75, 3.05) is 6.54 Å². The smallest absolute Gasteiger partial charge is 0.208 e. The molecule has 3 nitrogen and oxygen atoms in total. The Labute approximate surface area is 123 Å². The van der Waals surface area contributed by atoms with Crippen LogP contribution >= 0.6 is 0 Å². The van der Waals surface area contributed by atoms with E-state index in [4.69, 9.17) is 4.42 Å². The lowest BCUT2D eigenvalue weighted by Crippen LogP contribution is -2.23. The van der Waals surface area contributed by atoms with E-state index in [1.807, 2.05) is 6.20 Å². The molecular weight excluding hydrogens is 248 g/mol. The Balaban J connectivity index is 2.01. The zero-order valence-electron chi connectivity index (χ0n) is 13.5. The molecule has 2 rings (SSSR count). The molecule has 0 aromatic carbocycles. The van der Waals surface area contributed by atoms with Gasteiger partial charge < -0.3 is 9.73 Å². The summed E-state index contributed by atoms with van der Waals surface area (Å²) >= 11 is 0. The third-order valence-electron chi connectivity index (χ3n) is 4.26. The van der Waals surface area contributed by atoms with Gasteiger partial charge in [0.2, 0.25) is 5.89 Å². The molecule has 1 aliphatic carbocycles. The van der Waals surface area contributed by atoms with Crippen LogP contribution in [0.15, 0.2) is 10.6 Å². The standard InChI is InChI=1S/C17H30N2O/c1-13(2)9-17(7-5-6-8-17)15-11-19-16(20-15)12-18-10-14(3)4/h11,13-14,18H,5-10,12H2,1-4H3. The van der Waals surface area contributed by atoms with E-state index >= 15 is 0 Å². The molecule has 0 amide bonds. The second kappa shape index (κ2) is 6.75. The van der Waals surface area contributed by atoms with Crippen LogP contribution in [0.3, 0.4) is 0 Å². The molecule has 1 saturated carbocycles. The Kier molecular flexibility index (Phi) is 5.25. The van der Waals surface area contributed by atoms with E-state index in [0.29, 0.717) is 11.8 Å². The normalized spacial score (nSPS) is 18.3. The first-order chi connectivity index (χ1) is 9.52. The van der Waals surface area contributed by atoms with Gasteiger partial charge in [0, 0.05) is 5.41 Å². The van der Waals surface area contributed by atoms with Crippen molar-refractivity contribution in [3.8, 4) is 0 Å². The SMILES string of the molecule is CC(C)CNCc1ncc(C2(CC(C)C)CCCC2)o1. The second-order valence-electron chi connectivity index (χ2n) is 7.23. The molecule has 1 fully saturated rings. The minimum absolute atomic E-state index is 0.261. The molecule has 0 atom stereocenters. The highest BCUT2D eigenvalue weighted by molar-refractivity contribution is 5.14. The largest absolute Gasteiger partial charge is 0.444 e. The summed E-state index contributed by atoms with van der Waals surface area (Å²) in [6.45, 7) is 10.8. The van der Waals surface area contributed by atoms with Crippen LogP contribution in [0.25, 0.3) is 0 Å². The molecule has 0 radical (unpaired) electrons. The average molecular weight is 278 g/mol. The molecule has 1 aromatic heterocycles. The molecule has 0 unspecified atom stereocenters. The van der Waals surface area contributed by atoms with E-state index in [1.165, 1.54) is 32.1 Å². The van der Waals surface area contributed by atoms with E-state index in [0.717, 1.165) is 24.7 Å². The lowest BCUT2D eigenvalue weighted by Gasteiger charge is -2.28. The highest BCUT2D eigenvalue weighted by Crippen LogP contribution is 2.45. The maximum atomic E-state index is 6.08. The number of oxazole rings is 1. The predicted molar refractivity (Wildman–Crippen MR) is 82.6 cm³/mol. The van der Waals surface area contributed by atoms with Crippen LogP contribution < -0.4 is 5.32 Å². The lowest BCUT2D eigenvalue weighted by molar-refractivity contribution is 0.275. The summed E-state index contributed by atoms with van der Waals surface area (Å²) in [5, 5.41) is 3.40. The minimum Gasteiger partial charge on any atom is -0.444 e. The monoisotopic (exact) mass is 278 g/mol. The predicted octanol–water partition coefficient (Wildman–Crippen LogP) is 4.28. The molecule has 114 valence electrons. The van der Waals surface area contributed by atoms with Gasteiger partial charge >= 0.3 is 0 Å². The fourth-order valence-corrected chi connectivity index (χ4v) is 3.49. The first kappa shape index (κ1) is 15.6. The van der Waals surface area contributed by atoms with Gasteiger partial charge in [0.05, 0.1) is 12.7 Å². The summed E-state index contributed by atoms with van der Waals surface area (Å²) < 4.78 is 6.08. The van der Waals surface area contributed by atoms with Crippen LogP contribution in [0.5, 0.6) is 0 Å². The number of nitrogens with one attached hydrogen (secondary N) is 1. The van der Waals surface area contributed by atoms with Crippen molar-refractivity contribution in [3.05, 3.63) is 17.8 Å². The quantitative estimate of drug-likeness (QED) is 0.809. The van der Waals surface area contributed by atoms with E-state index < -0.39 is 0 Å². The summed E-state index contributed by atoms with van der Waals surface area (Å²) in [6, 6.07) is 0. The number of rotatable bonds is 7. The van der Waals surface area contributed by atoms with E-state index in [1.54, 1.807) is 0 Å². The Morgan fingerprint density at radius 1 is 1.20 bits per heavy atom. The van der Waals surface area contributed by atoms with Crippen molar-refractivity contribution in [2.24, 2.45) is 11.8 Å². The van der Waals surface area contributed by atoms with Gasteiger partial charge in [-0.3, -0.25) is 0 Å². The number of aromatic nitrogens is 1. The summed E-state index contributed by atoms with van der Waals surface area (Å²) in [4.78, 5) is 4.48. The van der Waals surface area contributed by atoms with Crippen molar-refractivity contribution in [2.45, 2.75) is 71.8 Å². The summed E-state index contributed by atoms with van der Waals surface area (Å²) in [6.07, 6.45) is 8.39. The van der Waals surface area contributed by atoms with Crippen LogP contribution in [-0.2, 0) is 12.0 Å². The lowest BCUT2D eigenvalue weighted by atomic mass is 9.77. The van der Waals surface area contributed by atoms with Gasteiger partial charge in [-0.05, 0) is 37.6 Å². The summed E-state index contributed by atoms with van der Waals surface area (Å²) in [5.74, 6) is 3.34. The molecule has 0 saturated heterocycles. The van der Waals surface area contributed by atoms with E-state index in [9.17, 15) is 0 Å². The zero-order valence-corrected chi connectivity index (χ0v) is 13.5. The van der Waals surface area contributed by atoms with Gasteiger partial charge in [0.15, 0.2) is 0 Å². The maximum absolute atomic E-state index is 6.08. The molecular formula is C17H30N2O. The zero-order chi connectivity index (χ0) is 14.6. The van der Waals surface area contributed by atoms with Crippen molar-refractivity contribution < 1.29 is 4.42 Å². The van der Waals surface area contributed by atoms with Crippen molar-refractivity contribution in [1.82, 2.24) is 10.3 Å². The number of hydrogen-bond acceptors (Lipinski definition) is 3. The Hall–Kier alpha value is -0.830. The van der Waals surface area contributed by atoms with Crippen LogP contribution in [0, 0.1) is 11.8 Å². The third-order valence-corrected chi connectivity index (χ3v) is 4.26. The number of nitrogens with zero attached hydrogens (tertiary/aromatic N) is 1. The fraction of sp³-hybridized carbons (Fsp3) is 0.824. The molecule has 20 heavy (non-hydrogen) atoms. The van der Waals surface area contributed by atoms with E-state index in [-0.39, 0.29) is 5.41 Å². The molecule has 3 heteroatoms. The molecule has 0 spiro atoms. The topological polar surface area (TPSA) is 38.1 Å². The first-order valence-electron chi connectivity index (χ1n) is 8.18. The molecule has 1 aliphatic rings. The summed E-state index contributed by atoms with van der Waals surface area (Å²) in [5.41, 5.74) is 0.261. The van der Waals surface area contributed by atoms with Crippen LogP contribution in [0.2, 0.25) is 0 Å². The third kappa shape index (κ3) is 3.85. The highest BCUT2D eigenvalue weighted by atomic mass is 16.4. The molecule has 1 aromatic rings. The molecule has 0 aliphatic heterocycles. The maximum Gasteiger partial charge on any atom is 0.208 e. The molecule has 0 bridgehead atoms. The van der Waals surface area contributed by atoms with Gasteiger partial charge in [-0.1, -0.05) is 40.5 Å². The highest BCUT2D eigenvalue weighted by Gasteiger charge is 2.39. The Morgan fingerprint density at radius 3 is 2.50 bits per heavy atom. The Bertz CT molecular complexity index is 403.